The Morgan fingerprint density at radius 2 is 2.17 bits per heavy atom. The van der Waals surface area contributed by atoms with E-state index in [1.165, 1.54) is 4.88 Å². The number of benzene rings is 1. The lowest BCUT2D eigenvalue weighted by Crippen LogP contribution is -2.06. The fourth-order valence-electron chi connectivity index (χ4n) is 1.86. The summed E-state index contributed by atoms with van der Waals surface area (Å²) in [5.74, 6) is 0.694. The lowest BCUT2D eigenvalue weighted by atomic mass is 10.1. The Balaban J connectivity index is 2.43. The van der Waals surface area contributed by atoms with Gasteiger partial charge in [-0.3, -0.25) is 0 Å². The number of thiazole rings is 1. The fraction of sp³-hybridized carbons (Fsp3) is 0.357. The van der Waals surface area contributed by atoms with Crippen LogP contribution >= 0.6 is 11.3 Å². The van der Waals surface area contributed by atoms with Crippen molar-refractivity contribution in [3.63, 3.8) is 0 Å². The Labute approximate surface area is 112 Å². The van der Waals surface area contributed by atoms with E-state index in [0.29, 0.717) is 5.92 Å². The molecular weight excluding hydrogens is 244 g/mol. The summed E-state index contributed by atoms with van der Waals surface area (Å²) >= 11 is 1.69. The highest BCUT2D eigenvalue weighted by Crippen LogP contribution is 2.32. The minimum atomic E-state index is 0.281. The third-order valence-corrected chi connectivity index (χ3v) is 3.83. The summed E-state index contributed by atoms with van der Waals surface area (Å²) in [5.41, 5.74) is 2.12. The maximum atomic E-state index is 9.53. The van der Waals surface area contributed by atoms with Crippen LogP contribution in [0.1, 0.15) is 30.3 Å². The van der Waals surface area contributed by atoms with E-state index in [0.717, 1.165) is 22.8 Å². The Hall–Kier alpha value is -1.39. The second-order valence-electron chi connectivity index (χ2n) is 4.56. The number of aromatic hydroxyl groups is 1. The zero-order chi connectivity index (χ0) is 13.1. The summed E-state index contributed by atoms with van der Waals surface area (Å²) in [5, 5.41) is 13.7. The van der Waals surface area contributed by atoms with Gasteiger partial charge in [-0.15, -0.1) is 11.3 Å². The molecule has 18 heavy (non-hydrogen) atoms. The predicted molar refractivity (Wildman–Crippen MR) is 76.1 cm³/mol. The molecule has 0 fully saturated rings. The summed E-state index contributed by atoms with van der Waals surface area (Å²) in [6.45, 7) is 5.14. The maximum Gasteiger partial charge on any atom is 0.124 e. The van der Waals surface area contributed by atoms with Crippen LogP contribution in [-0.2, 0) is 6.54 Å². The van der Waals surface area contributed by atoms with Crippen LogP contribution in [0, 0.1) is 0 Å². The van der Waals surface area contributed by atoms with E-state index in [-0.39, 0.29) is 5.75 Å². The summed E-state index contributed by atoms with van der Waals surface area (Å²) in [6, 6.07) is 7.26. The molecule has 2 rings (SSSR count). The van der Waals surface area contributed by atoms with Crippen molar-refractivity contribution in [1.82, 2.24) is 10.3 Å². The van der Waals surface area contributed by atoms with Gasteiger partial charge in [0.1, 0.15) is 10.8 Å². The van der Waals surface area contributed by atoms with Crippen molar-refractivity contribution < 1.29 is 5.11 Å². The van der Waals surface area contributed by atoms with Crippen molar-refractivity contribution in [2.45, 2.75) is 26.3 Å². The van der Waals surface area contributed by atoms with E-state index in [2.05, 4.69) is 19.2 Å². The average molecular weight is 262 g/mol. The van der Waals surface area contributed by atoms with Gasteiger partial charge in [0.2, 0.25) is 0 Å². The Morgan fingerprint density at radius 1 is 1.39 bits per heavy atom. The molecule has 2 aromatic rings. The molecular formula is C14H18N2OS. The Bertz CT molecular complexity index is 534. The van der Waals surface area contributed by atoms with Crippen LogP contribution in [-0.4, -0.2) is 17.1 Å². The van der Waals surface area contributed by atoms with Gasteiger partial charge in [-0.05, 0) is 25.1 Å². The van der Waals surface area contributed by atoms with Crippen molar-refractivity contribution in [3.8, 4) is 16.3 Å². The molecule has 0 amide bonds. The van der Waals surface area contributed by atoms with Gasteiger partial charge in [-0.1, -0.05) is 26.0 Å². The summed E-state index contributed by atoms with van der Waals surface area (Å²) in [6.07, 6.45) is 0. The molecule has 0 unspecified atom stereocenters. The molecule has 1 aromatic carbocycles. The number of phenols is 1. The molecule has 3 nitrogen and oxygen atoms in total. The third-order valence-electron chi connectivity index (χ3n) is 2.70. The van der Waals surface area contributed by atoms with E-state index in [1.54, 1.807) is 23.5 Å². The second kappa shape index (κ2) is 5.50. The Morgan fingerprint density at radius 3 is 2.78 bits per heavy atom. The fourth-order valence-corrected chi connectivity index (χ4v) is 3.09. The van der Waals surface area contributed by atoms with E-state index in [9.17, 15) is 5.11 Å². The monoisotopic (exact) mass is 262 g/mol. The first-order valence-corrected chi connectivity index (χ1v) is 6.87. The molecule has 1 aromatic heterocycles. The molecule has 96 valence electrons. The van der Waals surface area contributed by atoms with Crippen molar-refractivity contribution in [1.29, 1.82) is 0 Å². The second-order valence-corrected chi connectivity index (χ2v) is 5.65. The number of nitrogens with one attached hydrogen (secondary N) is 1. The van der Waals surface area contributed by atoms with Gasteiger partial charge in [0.15, 0.2) is 0 Å². The van der Waals surface area contributed by atoms with Crippen LogP contribution in [0.5, 0.6) is 5.75 Å². The highest BCUT2D eigenvalue weighted by atomic mass is 32.1. The van der Waals surface area contributed by atoms with E-state index < -0.39 is 0 Å². The van der Waals surface area contributed by atoms with Crippen LogP contribution in [0.2, 0.25) is 0 Å². The first kappa shape index (κ1) is 13.1. The van der Waals surface area contributed by atoms with Crippen molar-refractivity contribution in [2.75, 3.05) is 7.05 Å². The van der Waals surface area contributed by atoms with Gasteiger partial charge in [0.05, 0.1) is 5.69 Å². The molecule has 0 spiro atoms. The molecule has 2 N–H and O–H groups in total. The van der Waals surface area contributed by atoms with Gasteiger partial charge in [-0.2, -0.15) is 0 Å². The molecule has 0 bridgehead atoms. The minimum Gasteiger partial charge on any atom is -0.508 e. The topological polar surface area (TPSA) is 45.1 Å². The SMILES string of the molecule is CNCc1sc(-c2cccc(O)c2)nc1C(C)C. The molecule has 0 aliphatic rings. The average Bonchev–Trinajstić information content (AvgIpc) is 2.74. The molecule has 4 heteroatoms. The summed E-state index contributed by atoms with van der Waals surface area (Å²) in [7, 11) is 1.94. The predicted octanol–water partition coefficient (Wildman–Crippen LogP) is 3.36. The van der Waals surface area contributed by atoms with Crippen LogP contribution in [0.3, 0.4) is 0 Å². The van der Waals surface area contributed by atoms with Gasteiger partial charge in [0, 0.05) is 17.0 Å². The van der Waals surface area contributed by atoms with Crippen LogP contribution in [0.4, 0.5) is 0 Å². The van der Waals surface area contributed by atoms with E-state index in [1.807, 2.05) is 19.2 Å². The van der Waals surface area contributed by atoms with Gasteiger partial charge in [0.25, 0.3) is 0 Å². The summed E-state index contributed by atoms with van der Waals surface area (Å²) < 4.78 is 0. The van der Waals surface area contributed by atoms with Crippen molar-refractivity contribution >= 4 is 11.3 Å². The zero-order valence-corrected chi connectivity index (χ0v) is 11.7. The van der Waals surface area contributed by atoms with Crippen LogP contribution in [0.15, 0.2) is 24.3 Å². The quantitative estimate of drug-likeness (QED) is 0.888. The molecule has 0 aliphatic heterocycles. The number of phenolic OH excluding ortho intramolecular Hbond substituents is 1. The Kier molecular flexibility index (Phi) is 3.99. The van der Waals surface area contributed by atoms with E-state index >= 15 is 0 Å². The van der Waals surface area contributed by atoms with Gasteiger partial charge in [-0.25, -0.2) is 4.98 Å². The maximum absolute atomic E-state index is 9.53. The van der Waals surface area contributed by atoms with Crippen molar-refractivity contribution in [2.24, 2.45) is 0 Å². The van der Waals surface area contributed by atoms with Crippen molar-refractivity contribution in [3.05, 3.63) is 34.8 Å². The molecule has 0 atom stereocenters. The molecule has 0 aliphatic carbocycles. The summed E-state index contributed by atoms with van der Waals surface area (Å²) in [4.78, 5) is 5.98. The van der Waals surface area contributed by atoms with Gasteiger partial charge >= 0.3 is 0 Å². The largest absolute Gasteiger partial charge is 0.508 e. The van der Waals surface area contributed by atoms with E-state index in [4.69, 9.17) is 4.98 Å². The minimum absolute atomic E-state index is 0.281. The molecule has 0 saturated heterocycles. The molecule has 1 heterocycles. The van der Waals surface area contributed by atoms with Crippen LogP contribution < -0.4 is 5.32 Å². The standard InChI is InChI=1S/C14H18N2OS/c1-9(2)13-12(8-15-3)18-14(16-13)10-5-4-6-11(17)7-10/h4-7,9,15,17H,8H2,1-3H3. The smallest absolute Gasteiger partial charge is 0.124 e. The number of rotatable bonds is 4. The molecule has 0 radical (unpaired) electrons. The number of aromatic nitrogens is 1. The first-order chi connectivity index (χ1) is 8.61. The lowest BCUT2D eigenvalue weighted by molar-refractivity contribution is 0.475. The molecule has 0 saturated carbocycles. The third kappa shape index (κ3) is 2.71. The highest BCUT2D eigenvalue weighted by molar-refractivity contribution is 7.15. The number of hydrogen-bond acceptors (Lipinski definition) is 4. The lowest BCUT2D eigenvalue weighted by Gasteiger charge is -2.03. The highest BCUT2D eigenvalue weighted by Gasteiger charge is 2.14. The number of nitrogens with zero attached hydrogens (tertiary/aromatic N) is 1. The first-order valence-electron chi connectivity index (χ1n) is 6.05. The zero-order valence-electron chi connectivity index (χ0n) is 10.9. The van der Waals surface area contributed by atoms with Crippen LogP contribution in [0.25, 0.3) is 10.6 Å². The number of hydrogen-bond donors (Lipinski definition) is 2. The normalized spacial score (nSPS) is 11.1. The van der Waals surface area contributed by atoms with Gasteiger partial charge < -0.3 is 10.4 Å².